The lowest BCUT2D eigenvalue weighted by molar-refractivity contribution is 0.0697. The van der Waals surface area contributed by atoms with Crippen molar-refractivity contribution >= 4 is 5.97 Å². The molecule has 0 radical (unpaired) electrons. The summed E-state index contributed by atoms with van der Waals surface area (Å²) in [5, 5.41) is 9.08. The molecule has 0 aliphatic heterocycles. The first kappa shape index (κ1) is 13.1. The van der Waals surface area contributed by atoms with Gasteiger partial charge in [0.25, 0.3) is 0 Å². The van der Waals surface area contributed by atoms with Crippen LogP contribution in [0, 0.1) is 24.4 Å². The molecule has 0 bridgehead atoms. The number of aryl methyl sites for hydroxylation is 1. The monoisotopic (exact) mass is 266 g/mol. The number of hydrogen-bond acceptors (Lipinski definition) is 1. The van der Waals surface area contributed by atoms with Crippen LogP contribution >= 0.6 is 0 Å². The van der Waals surface area contributed by atoms with E-state index in [0.717, 1.165) is 12.1 Å². The molecule has 0 saturated heterocycles. The second-order valence-electron chi connectivity index (χ2n) is 4.11. The molecule has 0 aromatic heterocycles. The molecule has 0 aliphatic carbocycles. The Kier molecular flexibility index (Phi) is 3.29. The van der Waals surface area contributed by atoms with Crippen LogP contribution in [0.3, 0.4) is 0 Å². The molecule has 98 valence electrons. The Morgan fingerprint density at radius 3 is 2.16 bits per heavy atom. The van der Waals surface area contributed by atoms with Crippen molar-refractivity contribution in [1.82, 2.24) is 0 Å². The SMILES string of the molecule is Cc1ccc(-c2cc(F)c(F)c(F)c2)c(C(=O)O)c1. The normalized spacial score (nSPS) is 10.5. The fourth-order valence-electron chi connectivity index (χ4n) is 1.80. The molecular weight excluding hydrogens is 257 g/mol. The van der Waals surface area contributed by atoms with Crippen molar-refractivity contribution < 1.29 is 23.1 Å². The Labute approximate surface area is 107 Å². The van der Waals surface area contributed by atoms with Crippen LogP contribution in [0.15, 0.2) is 30.3 Å². The summed E-state index contributed by atoms with van der Waals surface area (Å²) in [7, 11) is 0. The number of rotatable bonds is 2. The first-order chi connectivity index (χ1) is 8.90. The standard InChI is InChI=1S/C14H9F3O2/c1-7-2-3-9(10(4-7)14(18)19)8-5-11(15)13(17)12(16)6-8/h2-6H,1H3,(H,18,19). The second kappa shape index (κ2) is 4.76. The van der Waals surface area contributed by atoms with Crippen molar-refractivity contribution in [2.75, 3.05) is 0 Å². The van der Waals surface area contributed by atoms with Crippen LogP contribution in [0.4, 0.5) is 13.2 Å². The molecule has 0 spiro atoms. The lowest BCUT2D eigenvalue weighted by atomic mass is 9.97. The molecule has 19 heavy (non-hydrogen) atoms. The van der Waals surface area contributed by atoms with Crippen molar-refractivity contribution in [3.05, 3.63) is 58.9 Å². The van der Waals surface area contributed by atoms with Crippen LogP contribution in [-0.2, 0) is 0 Å². The van der Waals surface area contributed by atoms with Gasteiger partial charge >= 0.3 is 5.97 Å². The minimum Gasteiger partial charge on any atom is -0.478 e. The third-order valence-electron chi connectivity index (χ3n) is 2.70. The molecule has 1 N–H and O–H groups in total. The molecule has 0 unspecified atom stereocenters. The van der Waals surface area contributed by atoms with Gasteiger partial charge in [0.05, 0.1) is 5.56 Å². The van der Waals surface area contributed by atoms with Gasteiger partial charge in [-0.15, -0.1) is 0 Å². The van der Waals surface area contributed by atoms with E-state index >= 15 is 0 Å². The van der Waals surface area contributed by atoms with E-state index in [1.807, 2.05) is 0 Å². The van der Waals surface area contributed by atoms with Crippen LogP contribution in [0.1, 0.15) is 15.9 Å². The van der Waals surface area contributed by atoms with E-state index in [2.05, 4.69) is 0 Å². The van der Waals surface area contributed by atoms with Crippen LogP contribution in [-0.4, -0.2) is 11.1 Å². The fraction of sp³-hybridized carbons (Fsp3) is 0.0714. The predicted octanol–water partition coefficient (Wildman–Crippen LogP) is 3.78. The van der Waals surface area contributed by atoms with Gasteiger partial charge in [0.1, 0.15) is 0 Å². The highest BCUT2D eigenvalue weighted by molar-refractivity contribution is 5.96. The third kappa shape index (κ3) is 2.45. The van der Waals surface area contributed by atoms with Crippen LogP contribution in [0.25, 0.3) is 11.1 Å². The molecule has 0 saturated carbocycles. The average Bonchev–Trinajstić information content (AvgIpc) is 2.35. The summed E-state index contributed by atoms with van der Waals surface area (Å²) in [4.78, 5) is 11.1. The average molecular weight is 266 g/mol. The quantitative estimate of drug-likeness (QED) is 0.840. The summed E-state index contributed by atoms with van der Waals surface area (Å²) < 4.78 is 39.2. The third-order valence-corrected chi connectivity index (χ3v) is 2.70. The maximum atomic E-state index is 13.2. The summed E-state index contributed by atoms with van der Waals surface area (Å²) in [5.41, 5.74) is 0.722. The van der Waals surface area contributed by atoms with Gasteiger partial charge in [0, 0.05) is 0 Å². The van der Waals surface area contributed by atoms with E-state index in [0.29, 0.717) is 5.56 Å². The predicted molar refractivity (Wildman–Crippen MR) is 63.4 cm³/mol. The first-order valence-corrected chi connectivity index (χ1v) is 5.39. The van der Waals surface area contributed by atoms with E-state index in [1.165, 1.54) is 12.1 Å². The highest BCUT2D eigenvalue weighted by Gasteiger charge is 2.16. The number of aromatic carboxylic acids is 1. The zero-order valence-electron chi connectivity index (χ0n) is 9.88. The molecule has 2 rings (SSSR count). The zero-order valence-corrected chi connectivity index (χ0v) is 9.88. The number of carboxylic acids is 1. The van der Waals surface area contributed by atoms with Gasteiger partial charge in [-0.05, 0) is 36.2 Å². The first-order valence-electron chi connectivity index (χ1n) is 5.39. The van der Waals surface area contributed by atoms with Crippen LogP contribution in [0.2, 0.25) is 0 Å². The molecule has 2 aromatic rings. The number of benzene rings is 2. The lowest BCUT2D eigenvalue weighted by Crippen LogP contribution is -2.01. The van der Waals surface area contributed by atoms with Crippen LogP contribution in [0.5, 0.6) is 0 Å². The van der Waals surface area contributed by atoms with Gasteiger partial charge in [-0.3, -0.25) is 0 Å². The van der Waals surface area contributed by atoms with Gasteiger partial charge in [0.15, 0.2) is 17.5 Å². The number of carboxylic acid groups (broad SMARTS) is 1. The van der Waals surface area contributed by atoms with Crippen molar-refractivity contribution in [3.63, 3.8) is 0 Å². The molecular formula is C14H9F3O2. The maximum absolute atomic E-state index is 13.2. The summed E-state index contributed by atoms with van der Waals surface area (Å²) in [5.74, 6) is -5.50. The Balaban J connectivity index is 2.68. The van der Waals surface area contributed by atoms with Crippen molar-refractivity contribution in [2.45, 2.75) is 6.92 Å². The largest absolute Gasteiger partial charge is 0.478 e. The minimum absolute atomic E-state index is 0.0196. The minimum atomic E-state index is -1.58. The number of carbonyl (C=O) groups is 1. The van der Waals surface area contributed by atoms with Crippen LogP contribution < -0.4 is 0 Å². The summed E-state index contributed by atoms with van der Waals surface area (Å²) in [6, 6.07) is 5.98. The summed E-state index contributed by atoms with van der Waals surface area (Å²) >= 11 is 0. The summed E-state index contributed by atoms with van der Waals surface area (Å²) in [6.07, 6.45) is 0. The summed E-state index contributed by atoms with van der Waals surface area (Å²) in [6.45, 7) is 1.70. The highest BCUT2D eigenvalue weighted by atomic mass is 19.2. The van der Waals surface area contributed by atoms with Gasteiger partial charge in [-0.25, -0.2) is 18.0 Å². The Morgan fingerprint density at radius 1 is 1.05 bits per heavy atom. The molecule has 0 atom stereocenters. The Hall–Kier alpha value is -2.30. The Morgan fingerprint density at radius 2 is 1.63 bits per heavy atom. The van der Waals surface area contributed by atoms with Gasteiger partial charge < -0.3 is 5.11 Å². The van der Waals surface area contributed by atoms with Gasteiger partial charge in [-0.2, -0.15) is 0 Å². The van der Waals surface area contributed by atoms with E-state index in [4.69, 9.17) is 5.11 Å². The van der Waals surface area contributed by atoms with Crippen molar-refractivity contribution in [1.29, 1.82) is 0 Å². The molecule has 2 nitrogen and oxygen atoms in total. The van der Waals surface area contributed by atoms with E-state index in [1.54, 1.807) is 13.0 Å². The maximum Gasteiger partial charge on any atom is 0.336 e. The van der Waals surface area contributed by atoms with Crippen molar-refractivity contribution in [3.8, 4) is 11.1 Å². The van der Waals surface area contributed by atoms with E-state index in [-0.39, 0.29) is 16.7 Å². The van der Waals surface area contributed by atoms with Crippen molar-refractivity contribution in [2.24, 2.45) is 0 Å². The van der Waals surface area contributed by atoms with Gasteiger partial charge in [-0.1, -0.05) is 17.7 Å². The fourth-order valence-corrected chi connectivity index (χ4v) is 1.80. The smallest absolute Gasteiger partial charge is 0.336 e. The van der Waals surface area contributed by atoms with E-state index < -0.39 is 23.4 Å². The van der Waals surface area contributed by atoms with Gasteiger partial charge in [0.2, 0.25) is 0 Å². The molecule has 5 heteroatoms. The topological polar surface area (TPSA) is 37.3 Å². The molecule has 0 heterocycles. The number of halogens is 3. The lowest BCUT2D eigenvalue weighted by Gasteiger charge is -2.08. The highest BCUT2D eigenvalue weighted by Crippen LogP contribution is 2.27. The molecule has 0 amide bonds. The second-order valence-corrected chi connectivity index (χ2v) is 4.11. The molecule has 0 fully saturated rings. The Bertz CT molecular complexity index is 643. The zero-order chi connectivity index (χ0) is 14.2. The molecule has 0 aliphatic rings. The molecule has 2 aromatic carbocycles. The van der Waals surface area contributed by atoms with E-state index in [9.17, 15) is 18.0 Å². The number of hydrogen-bond donors (Lipinski definition) is 1.